The molecule has 0 saturated carbocycles. The number of rotatable bonds is 7. The zero-order valence-corrected chi connectivity index (χ0v) is 10.9. The highest BCUT2D eigenvalue weighted by Gasteiger charge is 2.25. The van der Waals surface area contributed by atoms with Gasteiger partial charge in [0, 0.05) is 27.3 Å². The molecule has 100 valence electrons. The van der Waals surface area contributed by atoms with Crippen molar-refractivity contribution in [3.8, 4) is 0 Å². The molecule has 0 spiro atoms. The molecule has 1 atom stereocenters. The number of nitrogens with one attached hydrogen (secondary N) is 1. The van der Waals surface area contributed by atoms with Gasteiger partial charge in [0.15, 0.2) is 0 Å². The van der Waals surface area contributed by atoms with Gasteiger partial charge in [-0.25, -0.2) is 0 Å². The topological polar surface area (TPSA) is 50.8 Å². The Morgan fingerprint density at radius 2 is 1.88 bits per heavy atom. The fourth-order valence-electron chi connectivity index (χ4n) is 2.02. The maximum Gasteiger partial charge on any atom is 0.239 e. The normalized spacial score (nSPS) is 20.2. The molecule has 1 aliphatic heterocycles. The summed E-state index contributed by atoms with van der Waals surface area (Å²) in [7, 11) is 3.30. The van der Waals surface area contributed by atoms with Gasteiger partial charge in [0.25, 0.3) is 0 Å². The minimum Gasteiger partial charge on any atom is -0.383 e. The average Bonchev–Trinajstić information content (AvgIpc) is 2.39. The minimum atomic E-state index is -0.0162. The number of amides is 1. The Bertz CT molecular complexity index is 210. The van der Waals surface area contributed by atoms with Crippen molar-refractivity contribution < 1.29 is 14.3 Å². The zero-order chi connectivity index (χ0) is 12.5. The van der Waals surface area contributed by atoms with Crippen LogP contribution in [-0.4, -0.2) is 63.9 Å². The lowest BCUT2D eigenvalue weighted by Crippen LogP contribution is -2.50. The Kier molecular flexibility index (Phi) is 7.16. The monoisotopic (exact) mass is 244 g/mol. The van der Waals surface area contributed by atoms with Gasteiger partial charge in [-0.2, -0.15) is 0 Å². The summed E-state index contributed by atoms with van der Waals surface area (Å²) in [6, 6.07) is -0.0162. The van der Waals surface area contributed by atoms with Crippen LogP contribution < -0.4 is 5.32 Å². The lowest BCUT2D eigenvalue weighted by atomic mass is 10.0. The van der Waals surface area contributed by atoms with E-state index in [1.807, 2.05) is 4.90 Å². The SMILES string of the molecule is COCCN(CCOC)C(=O)[C@H]1CCCCN1. The van der Waals surface area contributed by atoms with Crippen LogP contribution in [-0.2, 0) is 14.3 Å². The summed E-state index contributed by atoms with van der Waals surface area (Å²) in [6.07, 6.45) is 3.24. The van der Waals surface area contributed by atoms with Gasteiger partial charge in [-0.05, 0) is 19.4 Å². The van der Waals surface area contributed by atoms with Crippen LogP contribution in [0.5, 0.6) is 0 Å². The number of methoxy groups -OCH3 is 2. The quantitative estimate of drug-likeness (QED) is 0.697. The fraction of sp³-hybridized carbons (Fsp3) is 0.917. The van der Waals surface area contributed by atoms with E-state index in [1.54, 1.807) is 14.2 Å². The molecule has 0 aromatic rings. The number of carbonyl (C=O) groups is 1. The Morgan fingerprint density at radius 3 is 2.35 bits per heavy atom. The number of hydrogen-bond acceptors (Lipinski definition) is 4. The van der Waals surface area contributed by atoms with Gasteiger partial charge in [-0.1, -0.05) is 6.42 Å². The van der Waals surface area contributed by atoms with Gasteiger partial charge in [-0.3, -0.25) is 4.79 Å². The number of ether oxygens (including phenoxy) is 2. The van der Waals surface area contributed by atoms with Gasteiger partial charge in [0.2, 0.25) is 5.91 Å². The van der Waals surface area contributed by atoms with E-state index in [-0.39, 0.29) is 11.9 Å². The molecular formula is C12H24N2O3. The van der Waals surface area contributed by atoms with E-state index in [0.717, 1.165) is 19.4 Å². The molecule has 1 saturated heterocycles. The fourth-order valence-corrected chi connectivity index (χ4v) is 2.02. The van der Waals surface area contributed by atoms with Gasteiger partial charge < -0.3 is 19.7 Å². The summed E-state index contributed by atoms with van der Waals surface area (Å²) in [5.41, 5.74) is 0. The first-order chi connectivity index (χ1) is 8.29. The predicted octanol–water partition coefficient (Wildman–Crippen LogP) is 0.250. The van der Waals surface area contributed by atoms with Crippen LogP contribution in [0.2, 0.25) is 0 Å². The number of carbonyl (C=O) groups excluding carboxylic acids is 1. The molecule has 1 fully saturated rings. The van der Waals surface area contributed by atoms with E-state index in [9.17, 15) is 4.79 Å². The maximum absolute atomic E-state index is 12.3. The molecule has 0 unspecified atom stereocenters. The first-order valence-electron chi connectivity index (χ1n) is 6.29. The third-order valence-electron chi connectivity index (χ3n) is 3.05. The summed E-state index contributed by atoms with van der Waals surface area (Å²) in [5, 5.41) is 3.28. The largest absolute Gasteiger partial charge is 0.383 e. The Labute approximate surface area is 103 Å². The Balaban J connectivity index is 2.44. The van der Waals surface area contributed by atoms with Gasteiger partial charge in [0.05, 0.1) is 19.3 Å². The molecule has 0 radical (unpaired) electrons. The van der Waals surface area contributed by atoms with Crippen molar-refractivity contribution in [2.24, 2.45) is 0 Å². The van der Waals surface area contributed by atoms with Crippen molar-refractivity contribution >= 4 is 5.91 Å². The van der Waals surface area contributed by atoms with Crippen molar-refractivity contribution in [1.29, 1.82) is 0 Å². The molecule has 0 aliphatic carbocycles. The highest BCUT2D eigenvalue weighted by Crippen LogP contribution is 2.09. The van der Waals surface area contributed by atoms with Crippen LogP contribution >= 0.6 is 0 Å². The second kappa shape index (κ2) is 8.44. The van der Waals surface area contributed by atoms with E-state index in [1.165, 1.54) is 6.42 Å². The highest BCUT2D eigenvalue weighted by molar-refractivity contribution is 5.82. The summed E-state index contributed by atoms with van der Waals surface area (Å²) < 4.78 is 10.1. The van der Waals surface area contributed by atoms with E-state index in [0.29, 0.717) is 26.3 Å². The molecule has 1 aliphatic rings. The molecule has 1 rings (SSSR count). The molecule has 0 aromatic heterocycles. The number of nitrogens with zero attached hydrogens (tertiary/aromatic N) is 1. The van der Waals surface area contributed by atoms with Crippen LogP contribution in [0.1, 0.15) is 19.3 Å². The average molecular weight is 244 g/mol. The molecule has 17 heavy (non-hydrogen) atoms. The summed E-state index contributed by atoms with van der Waals surface area (Å²) in [5.74, 6) is 0.179. The summed E-state index contributed by atoms with van der Waals surface area (Å²) >= 11 is 0. The first-order valence-corrected chi connectivity index (χ1v) is 6.29. The summed E-state index contributed by atoms with van der Waals surface area (Å²) in [4.78, 5) is 14.1. The lowest BCUT2D eigenvalue weighted by molar-refractivity contribution is -0.135. The molecule has 0 aromatic carbocycles. The van der Waals surface area contributed by atoms with Crippen LogP contribution in [0, 0.1) is 0 Å². The summed E-state index contributed by atoms with van der Waals surface area (Å²) in [6.45, 7) is 3.36. The number of hydrogen-bond donors (Lipinski definition) is 1. The Morgan fingerprint density at radius 1 is 1.24 bits per heavy atom. The Hall–Kier alpha value is -0.650. The third kappa shape index (κ3) is 5.02. The molecule has 1 N–H and O–H groups in total. The first kappa shape index (κ1) is 14.4. The van der Waals surface area contributed by atoms with Crippen molar-refractivity contribution in [3.63, 3.8) is 0 Å². The van der Waals surface area contributed by atoms with Crippen molar-refractivity contribution in [2.75, 3.05) is 47.1 Å². The second-order valence-electron chi connectivity index (χ2n) is 4.31. The molecule has 0 bridgehead atoms. The standard InChI is InChI=1S/C12H24N2O3/c1-16-9-7-14(8-10-17-2)12(15)11-5-3-4-6-13-11/h11,13H,3-10H2,1-2H3/t11-/m1/s1. The van der Waals surface area contributed by atoms with Crippen molar-refractivity contribution in [3.05, 3.63) is 0 Å². The molecule has 1 amide bonds. The molecule has 5 nitrogen and oxygen atoms in total. The smallest absolute Gasteiger partial charge is 0.239 e. The van der Waals surface area contributed by atoms with Gasteiger partial charge in [-0.15, -0.1) is 0 Å². The molecular weight excluding hydrogens is 220 g/mol. The maximum atomic E-state index is 12.3. The second-order valence-corrected chi connectivity index (χ2v) is 4.31. The molecule has 5 heteroatoms. The zero-order valence-electron chi connectivity index (χ0n) is 10.9. The minimum absolute atomic E-state index is 0.0162. The van der Waals surface area contributed by atoms with Crippen molar-refractivity contribution in [2.45, 2.75) is 25.3 Å². The van der Waals surface area contributed by atoms with Crippen LogP contribution in [0.15, 0.2) is 0 Å². The van der Waals surface area contributed by atoms with E-state index in [2.05, 4.69) is 5.32 Å². The molecule has 1 heterocycles. The van der Waals surface area contributed by atoms with Crippen LogP contribution in [0.4, 0.5) is 0 Å². The van der Waals surface area contributed by atoms with Crippen LogP contribution in [0.25, 0.3) is 0 Å². The number of piperidine rings is 1. The third-order valence-corrected chi connectivity index (χ3v) is 3.05. The van der Waals surface area contributed by atoms with Gasteiger partial charge in [0.1, 0.15) is 0 Å². The van der Waals surface area contributed by atoms with Crippen molar-refractivity contribution in [1.82, 2.24) is 10.2 Å². The predicted molar refractivity (Wildman–Crippen MR) is 66.0 cm³/mol. The van der Waals surface area contributed by atoms with E-state index in [4.69, 9.17) is 9.47 Å². The van der Waals surface area contributed by atoms with E-state index < -0.39 is 0 Å². The van der Waals surface area contributed by atoms with E-state index >= 15 is 0 Å². The van der Waals surface area contributed by atoms with Gasteiger partial charge >= 0.3 is 0 Å². The highest BCUT2D eigenvalue weighted by atomic mass is 16.5. The lowest BCUT2D eigenvalue weighted by Gasteiger charge is -2.29. The van der Waals surface area contributed by atoms with Crippen LogP contribution in [0.3, 0.4) is 0 Å².